The van der Waals surface area contributed by atoms with Crippen molar-refractivity contribution in [3.05, 3.63) is 65.5 Å². The van der Waals surface area contributed by atoms with Gasteiger partial charge in [0.15, 0.2) is 0 Å². The van der Waals surface area contributed by atoms with Crippen LogP contribution in [0.25, 0.3) is 5.69 Å². The minimum atomic E-state index is -0.409. The second-order valence-electron chi connectivity index (χ2n) is 7.53. The Labute approximate surface area is 188 Å². The summed E-state index contributed by atoms with van der Waals surface area (Å²) in [7, 11) is 1.62. The van der Waals surface area contributed by atoms with Crippen LogP contribution >= 0.6 is 0 Å². The summed E-state index contributed by atoms with van der Waals surface area (Å²) in [6, 6.07) is 5.72. The topological polar surface area (TPSA) is 91.2 Å². The number of esters is 1. The zero-order chi connectivity index (χ0) is 23.1. The second-order valence-corrected chi connectivity index (χ2v) is 7.53. The van der Waals surface area contributed by atoms with Gasteiger partial charge in [-0.3, -0.25) is 0 Å². The smallest absolute Gasteiger partial charge is 0.341 e. The molecule has 32 heavy (non-hydrogen) atoms. The molecule has 0 saturated heterocycles. The molecule has 3 rings (SSSR count). The van der Waals surface area contributed by atoms with E-state index in [1.165, 1.54) is 11.8 Å². The number of benzene rings is 1. The van der Waals surface area contributed by atoms with Crippen molar-refractivity contribution in [2.75, 3.05) is 19.0 Å². The Bertz CT molecular complexity index is 1120. The summed E-state index contributed by atoms with van der Waals surface area (Å²) < 4.78 is 12.6. The van der Waals surface area contributed by atoms with Gasteiger partial charge in [0.1, 0.15) is 5.75 Å². The number of aryl methyl sites for hydroxylation is 2. The Hall–Kier alpha value is -3.68. The molecule has 0 aliphatic rings. The lowest BCUT2D eigenvalue weighted by Crippen LogP contribution is -2.12. The van der Waals surface area contributed by atoms with Gasteiger partial charge in [-0.1, -0.05) is 11.6 Å². The standard InChI is InChI=1S/C24H29N5O3/c1-6-32-23(30)19-13-25-24(28-20(19)9-7-8-16(2)3)27-18-10-11-21(22(12-18)31-5)29-14-17(4)26-15-29/h8,10-15H,6-7,9H2,1-5H3,(H,25,27,28). The van der Waals surface area contributed by atoms with Gasteiger partial charge in [-0.2, -0.15) is 0 Å². The molecule has 0 bridgehead atoms. The molecule has 168 valence electrons. The number of methoxy groups -OCH3 is 1. The molecule has 0 amide bonds. The highest BCUT2D eigenvalue weighted by Gasteiger charge is 2.16. The predicted octanol–water partition coefficient (Wildman–Crippen LogP) is 4.80. The molecule has 0 saturated carbocycles. The van der Waals surface area contributed by atoms with E-state index in [1.54, 1.807) is 20.4 Å². The van der Waals surface area contributed by atoms with Crippen molar-refractivity contribution in [3.8, 4) is 11.4 Å². The van der Waals surface area contributed by atoms with Gasteiger partial charge in [-0.05, 0) is 52.7 Å². The van der Waals surface area contributed by atoms with Crippen LogP contribution in [0.15, 0.2) is 48.6 Å². The molecular formula is C24H29N5O3. The van der Waals surface area contributed by atoms with E-state index in [1.807, 2.05) is 49.7 Å². The summed E-state index contributed by atoms with van der Waals surface area (Å²) in [6.45, 7) is 8.10. The van der Waals surface area contributed by atoms with E-state index in [0.717, 1.165) is 23.5 Å². The highest BCUT2D eigenvalue weighted by molar-refractivity contribution is 5.90. The average Bonchev–Trinajstić information content (AvgIpc) is 3.19. The third kappa shape index (κ3) is 5.72. The molecule has 0 unspecified atom stereocenters. The number of ether oxygens (including phenoxy) is 2. The number of nitrogens with zero attached hydrogens (tertiary/aromatic N) is 4. The van der Waals surface area contributed by atoms with Gasteiger partial charge in [-0.15, -0.1) is 0 Å². The zero-order valence-corrected chi connectivity index (χ0v) is 19.2. The molecular weight excluding hydrogens is 406 g/mol. The van der Waals surface area contributed by atoms with E-state index >= 15 is 0 Å². The van der Waals surface area contributed by atoms with Crippen LogP contribution < -0.4 is 10.1 Å². The molecule has 3 aromatic rings. The number of imidazole rings is 1. The zero-order valence-electron chi connectivity index (χ0n) is 19.2. The molecule has 0 atom stereocenters. The second kappa shape index (κ2) is 10.6. The molecule has 0 spiro atoms. The van der Waals surface area contributed by atoms with Crippen LogP contribution in [0, 0.1) is 6.92 Å². The van der Waals surface area contributed by atoms with Crippen LogP contribution in [0.4, 0.5) is 11.6 Å². The van der Waals surface area contributed by atoms with Gasteiger partial charge in [-0.25, -0.2) is 19.7 Å². The Morgan fingerprint density at radius 1 is 1.25 bits per heavy atom. The van der Waals surface area contributed by atoms with E-state index in [2.05, 4.69) is 26.3 Å². The Morgan fingerprint density at radius 2 is 2.06 bits per heavy atom. The van der Waals surface area contributed by atoms with E-state index in [4.69, 9.17) is 9.47 Å². The number of anilines is 2. The number of carbonyl (C=O) groups is 1. The van der Waals surface area contributed by atoms with Crippen molar-refractivity contribution in [2.24, 2.45) is 0 Å². The van der Waals surface area contributed by atoms with Crippen LogP contribution in [0.5, 0.6) is 5.75 Å². The highest BCUT2D eigenvalue weighted by Crippen LogP contribution is 2.28. The first-order chi connectivity index (χ1) is 15.4. The van der Waals surface area contributed by atoms with Crippen molar-refractivity contribution in [2.45, 2.75) is 40.5 Å². The Kier molecular flexibility index (Phi) is 7.59. The minimum absolute atomic E-state index is 0.300. The molecule has 1 aromatic carbocycles. The normalized spacial score (nSPS) is 10.5. The van der Waals surface area contributed by atoms with Crippen molar-refractivity contribution in [3.63, 3.8) is 0 Å². The summed E-state index contributed by atoms with van der Waals surface area (Å²) in [5, 5.41) is 3.21. The molecule has 0 radical (unpaired) electrons. The lowest BCUT2D eigenvalue weighted by Gasteiger charge is -2.13. The van der Waals surface area contributed by atoms with Gasteiger partial charge < -0.3 is 19.4 Å². The first-order valence-corrected chi connectivity index (χ1v) is 10.5. The lowest BCUT2D eigenvalue weighted by atomic mass is 10.1. The number of aromatic nitrogens is 4. The van der Waals surface area contributed by atoms with Gasteiger partial charge in [0.05, 0.1) is 42.7 Å². The maximum absolute atomic E-state index is 12.3. The number of allylic oxidation sites excluding steroid dienone is 2. The quantitative estimate of drug-likeness (QED) is 0.381. The van der Waals surface area contributed by atoms with Crippen LogP contribution in [-0.4, -0.2) is 39.2 Å². The number of hydrogen-bond acceptors (Lipinski definition) is 7. The number of carbonyl (C=O) groups excluding carboxylic acids is 1. The summed E-state index contributed by atoms with van der Waals surface area (Å²) >= 11 is 0. The predicted molar refractivity (Wildman–Crippen MR) is 124 cm³/mol. The first kappa shape index (κ1) is 23.0. The minimum Gasteiger partial charge on any atom is -0.494 e. The fraction of sp³-hybridized carbons (Fsp3) is 0.333. The van der Waals surface area contributed by atoms with E-state index in [0.29, 0.717) is 36.0 Å². The number of hydrogen-bond donors (Lipinski definition) is 1. The van der Waals surface area contributed by atoms with Gasteiger partial charge in [0, 0.05) is 24.1 Å². The first-order valence-electron chi connectivity index (χ1n) is 10.5. The van der Waals surface area contributed by atoms with E-state index in [9.17, 15) is 4.79 Å². The van der Waals surface area contributed by atoms with Crippen LogP contribution in [-0.2, 0) is 11.2 Å². The fourth-order valence-electron chi connectivity index (χ4n) is 3.20. The summed E-state index contributed by atoms with van der Waals surface area (Å²) in [5.74, 6) is 0.672. The molecule has 0 fully saturated rings. The van der Waals surface area contributed by atoms with Crippen molar-refractivity contribution < 1.29 is 14.3 Å². The SMILES string of the molecule is CCOC(=O)c1cnc(Nc2ccc(-n3cnc(C)c3)c(OC)c2)nc1CCC=C(C)C. The third-order valence-electron chi connectivity index (χ3n) is 4.72. The van der Waals surface area contributed by atoms with Gasteiger partial charge in [0.25, 0.3) is 0 Å². The maximum Gasteiger partial charge on any atom is 0.341 e. The molecule has 0 aliphatic heterocycles. The van der Waals surface area contributed by atoms with Crippen LogP contribution in [0.2, 0.25) is 0 Å². The lowest BCUT2D eigenvalue weighted by molar-refractivity contribution is 0.0524. The molecule has 0 aliphatic carbocycles. The maximum atomic E-state index is 12.3. The fourth-order valence-corrected chi connectivity index (χ4v) is 3.20. The number of nitrogens with one attached hydrogen (secondary N) is 1. The average molecular weight is 436 g/mol. The van der Waals surface area contributed by atoms with Crippen molar-refractivity contribution in [1.82, 2.24) is 19.5 Å². The molecule has 2 aromatic heterocycles. The molecule has 8 heteroatoms. The monoisotopic (exact) mass is 435 g/mol. The third-order valence-corrected chi connectivity index (χ3v) is 4.72. The molecule has 2 heterocycles. The van der Waals surface area contributed by atoms with Crippen molar-refractivity contribution in [1.29, 1.82) is 0 Å². The van der Waals surface area contributed by atoms with Crippen LogP contribution in [0.1, 0.15) is 48.9 Å². The molecule has 8 nitrogen and oxygen atoms in total. The summed E-state index contributed by atoms with van der Waals surface area (Å²) in [5.41, 5.74) is 4.82. The summed E-state index contributed by atoms with van der Waals surface area (Å²) in [6.07, 6.45) is 8.70. The van der Waals surface area contributed by atoms with Gasteiger partial charge >= 0.3 is 5.97 Å². The van der Waals surface area contributed by atoms with Crippen LogP contribution in [0.3, 0.4) is 0 Å². The molecule has 1 N–H and O–H groups in total. The summed E-state index contributed by atoms with van der Waals surface area (Å²) in [4.78, 5) is 25.5. The highest BCUT2D eigenvalue weighted by atomic mass is 16.5. The van der Waals surface area contributed by atoms with Gasteiger partial charge in [0.2, 0.25) is 5.95 Å². The van der Waals surface area contributed by atoms with E-state index < -0.39 is 5.97 Å². The Balaban J connectivity index is 1.87. The van der Waals surface area contributed by atoms with E-state index in [-0.39, 0.29) is 0 Å². The largest absolute Gasteiger partial charge is 0.494 e. The number of rotatable bonds is 9. The van der Waals surface area contributed by atoms with Crippen molar-refractivity contribution >= 4 is 17.6 Å². The Morgan fingerprint density at radius 3 is 2.72 bits per heavy atom.